The van der Waals surface area contributed by atoms with E-state index in [0.717, 1.165) is 37.9 Å². The van der Waals surface area contributed by atoms with Crippen molar-refractivity contribution in [1.29, 1.82) is 0 Å². The van der Waals surface area contributed by atoms with Crippen molar-refractivity contribution in [2.75, 3.05) is 6.61 Å². The van der Waals surface area contributed by atoms with E-state index < -0.39 is 0 Å². The maximum Gasteiger partial charge on any atom is 0.126 e. The number of aliphatic hydroxyl groups is 1. The molecular weight excluding hydrogens is 152 g/mol. The second-order valence-electron chi connectivity index (χ2n) is 4.14. The molecule has 2 heteroatoms. The van der Waals surface area contributed by atoms with E-state index >= 15 is 0 Å². The van der Waals surface area contributed by atoms with Crippen LogP contribution in [0, 0.1) is 11.3 Å². The number of carbonyl (C=O) groups is 1. The van der Waals surface area contributed by atoms with Crippen LogP contribution in [0.25, 0.3) is 0 Å². The maximum atomic E-state index is 10.9. The van der Waals surface area contributed by atoms with Crippen LogP contribution in [-0.4, -0.2) is 18.0 Å². The summed E-state index contributed by atoms with van der Waals surface area (Å²) in [5, 5.41) is 8.82. The van der Waals surface area contributed by atoms with Gasteiger partial charge in [0.1, 0.15) is 6.29 Å². The van der Waals surface area contributed by atoms with Gasteiger partial charge in [-0.2, -0.15) is 0 Å². The molecule has 1 N–H and O–H groups in total. The van der Waals surface area contributed by atoms with E-state index in [-0.39, 0.29) is 12.0 Å². The predicted molar refractivity (Wildman–Crippen MR) is 47.8 cm³/mol. The average molecular weight is 170 g/mol. The van der Waals surface area contributed by atoms with Crippen LogP contribution >= 0.6 is 0 Å². The van der Waals surface area contributed by atoms with Crippen LogP contribution in [0.1, 0.15) is 39.0 Å². The third-order valence-electron chi connectivity index (χ3n) is 3.13. The van der Waals surface area contributed by atoms with E-state index in [9.17, 15) is 4.79 Å². The lowest BCUT2D eigenvalue weighted by Gasteiger charge is -2.34. The first-order valence-electron chi connectivity index (χ1n) is 4.80. The lowest BCUT2D eigenvalue weighted by atomic mass is 9.70. The van der Waals surface area contributed by atoms with Crippen molar-refractivity contribution in [1.82, 2.24) is 0 Å². The Morgan fingerprint density at radius 3 is 2.50 bits per heavy atom. The molecule has 1 rings (SSSR count). The summed E-state index contributed by atoms with van der Waals surface area (Å²) in [5.41, 5.74) is -0.179. The molecule has 0 amide bonds. The number of aliphatic hydroxyl groups excluding tert-OH is 1. The second kappa shape index (κ2) is 4.04. The first kappa shape index (κ1) is 9.72. The summed E-state index contributed by atoms with van der Waals surface area (Å²) < 4.78 is 0. The van der Waals surface area contributed by atoms with Gasteiger partial charge in [0.05, 0.1) is 0 Å². The molecule has 0 saturated heterocycles. The topological polar surface area (TPSA) is 37.3 Å². The first-order valence-corrected chi connectivity index (χ1v) is 4.80. The molecule has 0 spiro atoms. The molecule has 0 aromatic rings. The molecule has 12 heavy (non-hydrogen) atoms. The Balaban J connectivity index is 2.50. The number of hydrogen-bond acceptors (Lipinski definition) is 2. The van der Waals surface area contributed by atoms with Crippen molar-refractivity contribution in [3.8, 4) is 0 Å². The summed E-state index contributed by atoms with van der Waals surface area (Å²) in [6.07, 6.45) is 5.94. The fraction of sp³-hybridized carbons (Fsp3) is 0.900. The van der Waals surface area contributed by atoms with Gasteiger partial charge < -0.3 is 9.90 Å². The normalized spacial score (nSPS) is 36.3. The molecule has 0 radical (unpaired) electrons. The molecule has 0 bridgehead atoms. The predicted octanol–water partition coefficient (Wildman–Crippen LogP) is 1.76. The van der Waals surface area contributed by atoms with E-state index in [1.54, 1.807) is 0 Å². The van der Waals surface area contributed by atoms with Crippen LogP contribution in [0.15, 0.2) is 0 Å². The highest BCUT2D eigenvalue weighted by Gasteiger charge is 2.33. The Morgan fingerprint density at radius 2 is 2.08 bits per heavy atom. The molecule has 1 fully saturated rings. The van der Waals surface area contributed by atoms with E-state index in [2.05, 4.69) is 6.92 Å². The molecule has 0 heterocycles. The fourth-order valence-corrected chi connectivity index (χ4v) is 1.99. The molecule has 70 valence electrons. The van der Waals surface area contributed by atoms with Crippen LogP contribution in [0.3, 0.4) is 0 Å². The molecule has 0 aromatic carbocycles. The Kier molecular flexibility index (Phi) is 3.27. The Labute approximate surface area is 74.0 Å². The highest BCUT2D eigenvalue weighted by Crippen LogP contribution is 2.39. The van der Waals surface area contributed by atoms with Gasteiger partial charge in [0.2, 0.25) is 0 Å². The van der Waals surface area contributed by atoms with Crippen LogP contribution in [0.2, 0.25) is 0 Å². The first-order chi connectivity index (χ1) is 5.72. The summed E-state index contributed by atoms with van der Waals surface area (Å²) in [4.78, 5) is 10.9. The quantitative estimate of drug-likeness (QED) is 0.655. The molecule has 2 nitrogen and oxygen atoms in total. The SMILES string of the molecule is CC1CCC(C=O)(CCO)CC1. The molecule has 0 unspecified atom stereocenters. The zero-order valence-corrected chi connectivity index (χ0v) is 7.75. The molecule has 0 aliphatic heterocycles. The summed E-state index contributed by atoms with van der Waals surface area (Å²) >= 11 is 0. The van der Waals surface area contributed by atoms with E-state index in [1.807, 2.05) is 0 Å². The third kappa shape index (κ3) is 2.07. The van der Waals surface area contributed by atoms with Gasteiger partial charge in [-0.05, 0) is 38.0 Å². The van der Waals surface area contributed by atoms with E-state index in [4.69, 9.17) is 5.11 Å². The van der Waals surface area contributed by atoms with Crippen molar-refractivity contribution in [3.05, 3.63) is 0 Å². The number of carbonyl (C=O) groups excluding carboxylic acids is 1. The number of rotatable bonds is 3. The zero-order valence-electron chi connectivity index (χ0n) is 7.75. The van der Waals surface area contributed by atoms with Gasteiger partial charge in [0, 0.05) is 12.0 Å². The average Bonchev–Trinajstić information content (AvgIpc) is 2.10. The summed E-state index contributed by atoms with van der Waals surface area (Å²) in [6.45, 7) is 2.38. The van der Waals surface area contributed by atoms with Crippen molar-refractivity contribution >= 4 is 6.29 Å². The highest BCUT2D eigenvalue weighted by molar-refractivity contribution is 5.59. The van der Waals surface area contributed by atoms with Crippen molar-refractivity contribution < 1.29 is 9.90 Å². The van der Waals surface area contributed by atoms with Crippen LogP contribution in [0.4, 0.5) is 0 Å². The van der Waals surface area contributed by atoms with Gasteiger partial charge in [0.25, 0.3) is 0 Å². The lowest BCUT2D eigenvalue weighted by molar-refractivity contribution is -0.119. The summed E-state index contributed by atoms with van der Waals surface area (Å²) in [6, 6.07) is 0. The highest BCUT2D eigenvalue weighted by atomic mass is 16.3. The van der Waals surface area contributed by atoms with Gasteiger partial charge in [-0.15, -0.1) is 0 Å². The van der Waals surface area contributed by atoms with Crippen LogP contribution in [0.5, 0.6) is 0 Å². The smallest absolute Gasteiger partial charge is 0.126 e. The molecule has 0 aromatic heterocycles. The Bertz CT molecular complexity index is 146. The molecule has 0 atom stereocenters. The van der Waals surface area contributed by atoms with Crippen molar-refractivity contribution in [2.24, 2.45) is 11.3 Å². The van der Waals surface area contributed by atoms with Gasteiger partial charge in [0.15, 0.2) is 0 Å². The van der Waals surface area contributed by atoms with Gasteiger partial charge in [-0.1, -0.05) is 6.92 Å². The van der Waals surface area contributed by atoms with Crippen molar-refractivity contribution in [3.63, 3.8) is 0 Å². The third-order valence-corrected chi connectivity index (χ3v) is 3.13. The second-order valence-corrected chi connectivity index (χ2v) is 4.14. The Morgan fingerprint density at radius 1 is 1.50 bits per heavy atom. The minimum atomic E-state index is -0.179. The maximum absolute atomic E-state index is 10.9. The summed E-state index contributed by atoms with van der Waals surface area (Å²) in [5.74, 6) is 0.761. The van der Waals surface area contributed by atoms with Gasteiger partial charge in [-0.25, -0.2) is 0 Å². The molecule has 1 aliphatic rings. The number of hydrogen-bond donors (Lipinski definition) is 1. The van der Waals surface area contributed by atoms with Gasteiger partial charge in [-0.3, -0.25) is 0 Å². The Hall–Kier alpha value is -0.370. The standard InChI is InChI=1S/C10H18O2/c1-9-2-4-10(8-12,5-3-9)6-7-11/h8-9,11H,2-7H2,1H3. The monoisotopic (exact) mass is 170 g/mol. The van der Waals surface area contributed by atoms with E-state index in [1.165, 1.54) is 0 Å². The number of aldehydes is 1. The zero-order chi connectivity index (χ0) is 9.03. The fourth-order valence-electron chi connectivity index (χ4n) is 1.99. The van der Waals surface area contributed by atoms with Crippen LogP contribution in [-0.2, 0) is 4.79 Å². The van der Waals surface area contributed by atoms with Gasteiger partial charge >= 0.3 is 0 Å². The minimum Gasteiger partial charge on any atom is -0.396 e. The minimum absolute atomic E-state index is 0.146. The molecular formula is C10H18O2. The lowest BCUT2D eigenvalue weighted by Crippen LogP contribution is -2.29. The van der Waals surface area contributed by atoms with E-state index in [0.29, 0.717) is 6.42 Å². The molecule has 1 saturated carbocycles. The van der Waals surface area contributed by atoms with Crippen LogP contribution < -0.4 is 0 Å². The summed E-state index contributed by atoms with van der Waals surface area (Å²) in [7, 11) is 0. The molecule has 1 aliphatic carbocycles. The van der Waals surface area contributed by atoms with Crippen molar-refractivity contribution in [2.45, 2.75) is 39.0 Å². The largest absolute Gasteiger partial charge is 0.396 e.